The smallest absolute Gasteiger partial charge is 0.0923 e. The van der Waals surface area contributed by atoms with Gasteiger partial charge < -0.3 is 10.4 Å². The highest BCUT2D eigenvalue weighted by molar-refractivity contribution is 8.00. The lowest BCUT2D eigenvalue weighted by Crippen LogP contribution is -2.56. The standard InChI is InChI=1S/C11H21NOS/c1-8-3-5-12-10(7-8)11(13)4-6-14-9(11)2/h8-10,12-13H,3-7H2,1-2H3. The summed E-state index contributed by atoms with van der Waals surface area (Å²) in [6.07, 6.45) is 3.36. The SMILES string of the molecule is CC1CCNC(C2(O)CCSC2C)C1. The predicted octanol–water partition coefficient (Wildman–Crippen LogP) is 1.63. The Kier molecular flexibility index (Phi) is 3.10. The molecule has 3 heteroatoms. The van der Waals surface area contributed by atoms with Gasteiger partial charge in [0.1, 0.15) is 0 Å². The van der Waals surface area contributed by atoms with Crippen LogP contribution in [0.5, 0.6) is 0 Å². The second kappa shape index (κ2) is 4.03. The molecular weight excluding hydrogens is 194 g/mol. The molecule has 2 nitrogen and oxygen atoms in total. The van der Waals surface area contributed by atoms with Crippen LogP contribution in [0.4, 0.5) is 0 Å². The summed E-state index contributed by atoms with van der Waals surface area (Å²) >= 11 is 1.91. The van der Waals surface area contributed by atoms with Gasteiger partial charge in [-0.25, -0.2) is 0 Å². The van der Waals surface area contributed by atoms with Crippen molar-refractivity contribution in [1.29, 1.82) is 0 Å². The highest BCUT2D eigenvalue weighted by Crippen LogP contribution is 2.40. The minimum atomic E-state index is -0.445. The Bertz CT molecular complexity index is 211. The van der Waals surface area contributed by atoms with Crippen molar-refractivity contribution in [3.63, 3.8) is 0 Å². The molecule has 82 valence electrons. The van der Waals surface area contributed by atoms with Gasteiger partial charge in [0.2, 0.25) is 0 Å². The van der Waals surface area contributed by atoms with Crippen LogP contribution >= 0.6 is 11.8 Å². The molecule has 0 saturated carbocycles. The molecule has 14 heavy (non-hydrogen) atoms. The first-order valence-electron chi connectivity index (χ1n) is 5.70. The molecule has 0 spiro atoms. The van der Waals surface area contributed by atoms with Crippen LogP contribution in [0.2, 0.25) is 0 Å². The maximum atomic E-state index is 10.6. The fraction of sp³-hybridized carbons (Fsp3) is 1.00. The Morgan fingerprint density at radius 2 is 2.21 bits per heavy atom. The van der Waals surface area contributed by atoms with Gasteiger partial charge in [0.15, 0.2) is 0 Å². The van der Waals surface area contributed by atoms with Gasteiger partial charge in [0, 0.05) is 11.3 Å². The first kappa shape index (κ1) is 10.8. The number of hydrogen-bond acceptors (Lipinski definition) is 3. The summed E-state index contributed by atoms with van der Waals surface area (Å²) in [6.45, 7) is 5.54. The van der Waals surface area contributed by atoms with E-state index in [0.717, 1.165) is 31.1 Å². The van der Waals surface area contributed by atoms with Crippen LogP contribution in [-0.2, 0) is 0 Å². The second-order valence-corrected chi connectivity index (χ2v) is 6.34. The maximum absolute atomic E-state index is 10.6. The quantitative estimate of drug-likeness (QED) is 0.697. The molecule has 0 aromatic heterocycles. The summed E-state index contributed by atoms with van der Waals surface area (Å²) in [7, 11) is 0. The molecule has 0 aliphatic carbocycles. The van der Waals surface area contributed by atoms with Crippen LogP contribution in [-0.4, -0.2) is 34.3 Å². The molecule has 0 aromatic rings. The van der Waals surface area contributed by atoms with Gasteiger partial charge in [0.05, 0.1) is 5.60 Å². The zero-order chi connectivity index (χ0) is 10.2. The Morgan fingerprint density at radius 3 is 2.79 bits per heavy atom. The lowest BCUT2D eigenvalue weighted by Gasteiger charge is -2.40. The van der Waals surface area contributed by atoms with Crippen molar-refractivity contribution in [1.82, 2.24) is 5.32 Å². The van der Waals surface area contributed by atoms with E-state index < -0.39 is 5.60 Å². The van der Waals surface area contributed by atoms with Gasteiger partial charge in [0.25, 0.3) is 0 Å². The van der Waals surface area contributed by atoms with Gasteiger partial charge >= 0.3 is 0 Å². The molecule has 4 unspecified atom stereocenters. The lowest BCUT2D eigenvalue weighted by atomic mass is 9.80. The normalized spacial score (nSPS) is 49.5. The Labute approximate surface area is 90.8 Å². The summed E-state index contributed by atoms with van der Waals surface area (Å²) in [5.41, 5.74) is -0.445. The first-order valence-corrected chi connectivity index (χ1v) is 6.75. The van der Waals surface area contributed by atoms with Gasteiger partial charge in [-0.15, -0.1) is 0 Å². The molecule has 2 aliphatic rings. The Hall–Kier alpha value is 0.270. The van der Waals surface area contributed by atoms with Crippen LogP contribution in [0.1, 0.15) is 33.1 Å². The average Bonchev–Trinajstić information content (AvgIpc) is 2.49. The third-order valence-corrected chi connectivity index (χ3v) is 5.19. The minimum absolute atomic E-state index is 0.330. The van der Waals surface area contributed by atoms with Crippen LogP contribution < -0.4 is 5.32 Å². The molecule has 2 saturated heterocycles. The fourth-order valence-electron chi connectivity index (χ4n) is 2.69. The molecule has 0 aromatic carbocycles. The van der Waals surface area contributed by atoms with E-state index in [9.17, 15) is 5.11 Å². The molecule has 0 amide bonds. The number of rotatable bonds is 1. The number of thioether (sulfide) groups is 1. The fourth-order valence-corrected chi connectivity index (χ4v) is 4.06. The largest absolute Gasteiger partial charge is 0.387 e. The topological polar surface area (TPSA) is 32.3 Å². The molecule has 2 heterocycles. The van der Waals surface area contributed by atoms with E-state index in [1.165, 1.54) is 6.42 Å². The van der Waals surface area contributed by atoms with Crippen LogP contribution in [0.3, 0.4) is 0 Å². The molecule has 0 radical (unpaired) electrons. The van der Waals surface area contributed by atoms with Crippen molar-refractivity contribution in [2.45, 2.75) is 50.0 Å². The number of hydrogen-bond donors (Lipinski definition) is 2. The van der Waals surface area contributed by atoms with Crippen molar-refractivity contribution >= 4 is 11.8 Å². The van der Waals surface area contributed by atoms with Gasteiger partial charge in [-0.1, -0.05) is 13.8 Å². The zero-order valence-corrected chi connectivity index (χ0v) is 9.94. The van der Waals surface area contributed by atoms with E-state index in [1.54, 1.807) is 0 Å². The van der Waals surface area contributed by atoms with Crippen molar-refractivity contribution in [3.8, 4) is 0 Å². The summed E-state index contributed by atoms with van der Waals surface area (Å²) in [5.74, 6) is 1.88. The summed E-state index contributed by atoms with van der Waals surface area (Å²) in [6, 6.07) is 0.330. The summed E-state index contributed by atoms with van der Waals surface area (Å²) in [5, 5.41) is 14.5. The minimum Gasteiger partial charge on any atom is -0.387 e. The molecule has 2 rings (SSSR count). The summed E-state index contributed by atoms with van der Waals surface area (Å²) in [4.78, 5) is 0. The molecule has 2 fully saturated rings. The van der Waals surface area contributed by atoms with Crippen LogP contribution in [0, 0.1) is 5.92 Å². The van der Waals surface area contributed by atoms with Gasteiger partial charge in [-0.2, -0.15) is 11.8 Å². The third-order valence-electron chi connectivity index (χ3n) is 3.84. The van der Waals surface area contributed by atoms with E-state index in [0.29, 0.717) is 11.3 Å². The van der Waals surface area contributed by atoms with E-state index >= 15 is 0 Å². The highest BCUT2D eigenvalue weighted by Gasteiger charge is 2.46. The number of nitrogens with one attached hydrogen (secondary N) is 1. The molecular formula is C11H21NOS. The number of piperidine rings is 1. The third kappa shape index (κ3) is 1.82. The van der Waals surface area contributed by atoms with Crippen LogP contribution in [0.25, 0.3) is 0 Å². The van der Waals surface area contributed by atoms with Crippen molar-refractivity contribution < 1.29 is 5.11 Å². The summed E-state index contributed by atoms with van der Waals surface area (Å²) < 4.78 is 0. The molecule has 0 bridgehead atoms. The zero-order valence-electron chi connectivity index (χ0n) is 9.12. The molecule has 2 aliphatic heterocycles. The maximum Gasteiger partial charge on any atom is 0.0923 e. The number of aliphatic hydroxyl groups is 1. The van der Waals surface area contributed by atoms with Crippen molar-refractivity contribution in [2.24, 2.45) is 5.92 Å². The van der Waals surface area contributed by atoms with Crippen molar-refractivity contribution in [2.75, 3.05) is 12.3 Å². The highest BCUT2D eigenvalue weighted by atomic mass is 32.2. The molecule has 4 atom stereocenters. The van der Waals surface area contributed by atoms with E-state index in [-0.39, 0.29) is 0 Å². The van der Waals surface area contributed by atoms with Crippen LogP contribution in [0.15, 0.2) is 0 Å². The average molecular weight is 215 g/mol. The first-order chi connectivity index (χ1) is 6.63. The second-order valence-electron chi connectivity index (χ2n) is 4.89. The Morgan fingerprint density at radius 1 is 1.43 bits per heavy atom. The van der Waals surface area contributed by atoms with E-state index in [2.05, 4.69) is 19.2 Å². The monoisotopic (exact) mass is 215 g/mol. The van der Waals surface area contributed by atoms with Crippen molar-refractivity contribution in [3.05, 3.63) is 0 Å². The predicted molar refractivity (Wildman–Crippen MR) is 61.7 cm³/mol. The van der Waals surface area contributed by atoms with Gasteiger partial charge in [-0.3, -0.25) is 0 Å². The Balaban J connectivity index is 2.05. The lowest BCUT2D eigenvalue weighted by molar-refractivity contribution is -0.00845. The van der Waals surface area contributed by atoms with E-state index in [4.69, 9.17) is 0 Å². The van der Waals surface area contributed by atoms with E-state index in [1.807, 2.05) is 11.8 Å². The molecule has 2 N–H and O–H groups in total. The van der Waals surface area contributed by atoms with Gasteiger partial charge in [-0.05, 0) is 37.5 Å².